The van der Waals surface area contributed by atoms with E-state index in [1.54, 1.807) is 0 Å². The second-order valence-electron chi connectivity index (χ2n) is 6.64. The summed E-state index contributed by atoms with van der Waals surface area (Å²) >= 11 is 1.34. The number of nitrogens with one attached hydrogen (secondary N) is 2. The molecule has 0 aliphatic carbocycles. The lowest BCUT2D eigenvalue weighted by atomic mass is 10.1. The summed E-state index contributed by atoms with van der Waals surface area (Å²) in [7, 11) is 0. The lowest BCUT2D eigenvalue weighted by Gasteiger charge is -2.07. The molecule has 7 heteroatoms. The van der Waals surface area contributed by atoms with Gasteiger partial charge in [0.05, 0.1) is 5.69 Å². The van der Waals surface area contributed by atoms with Crippen LogP contribution in [0.2, 0.25) is 0 Å². The van der Waals surface area contributed by atoms with Crippen molar-refractivity contribution in [1.29, 1.82) is 0 Å². The third-order valence-corrected chi connectivity index (χ3v) is 5.10. The Kier molecular flexibility index (Phi) is 5.72. The van der Waals surface area contributed by atoms with Gasteiger partial charge in [-0.15, -0.1) is 11.3 Å². The smallest absolute Gasteiger partial charge is 0.264 e. The van der Waals surface area contributed by atoms with E-state index < -0.39 is 0 Å². The number of aromatic nitrogens is 1. The highest BCUT2D eigenvalue weighted by Crippen LogP contribution is 2.26. The predicted octanol–water partition coefficient (Wildman–Crippen LogP) is 4.94. The fourth-order valence-electron chi connectivity index (χ4n) is 2.95. The Balaban J connectivity index is 1.34. The summed E-state index contributed by atoms with van der Waals surface area (Å²) in [5.74, 6) is 0.250. The van der Waals surface area contributed by atoms with Crippen molar-refractivity contribution in [2.75, 3.05) is 17.2 Å². The van der Waals surface area contributed by atoms with Crippen LogP contribution in [0.25, 0.3) is 22.0 Å². The number of ether oxygens (including phenoxy) is 1. The number of hydrogen-bond donors (Lipinski definition) is 2. The van der Waals surface area contributed by atoms with Crippen molar-refractivity contribution in [3.05, 3.63) is 72.1 Å². The van der Waals surface area contributed by atoms with E-state index in [0.29, 0.717) is 10.9 Å². The first-order valence-electron chi connectivity index (χ1n) is 9.32. The van der Waals surface area contributed by atoms with Crippen LogP contribution in [0.4, 0.5) is 10.8 Å². The van der Waals surface area contributed by atoms with Crippen molar-refractivity contribution < 1.29 is 14.3 Å². The van der Waals surface area contributed by atoms with Gasteiger partial charge < -0.3 is 10.1 Å². The molecule has 3 aromatic carbocycles. The van der Waals surface area contributed by atoms with Gasteiger partial charge in [-0.25, -0.2) is 4.98 Å². The minimum atomic E-state index is -0.273. The molecule has 0 bridgehead atoms. The molecule has 0 unspecified atom stereocenters. The molecule has 0 aliphatic heterocycles. The minimum absolute atomic E-state index is 0.0985. The van der Waals surface area contributed by atoms with Crippen LogP contribution < -0.4 is 15.4 Å². The van der Waals surface area contributed by atoms with Gasteiger partial charge in [0.2, 0.25) is 5.91 Å². The maximum atomic E-state index is 12.2. The van der Waals surface area contributed by atoms with E-state index >= 15 is 0 Å². The molecule has 1 heterocycles. The maximum absolute atomic E-state index is 12.2. The third kappa shape index (κ3) is 4.82. The van der Waals surface area contributed by atoms with Gasteiger partial charge >= 0.3 is 0 Å². The Morgan fingerprint density at radius 3 is 2.50 bits per heavy atom. The Bertz CT molecular complexity index is 1200. The van der Waals surface area contributed by atoms with E-state index in [2.05, 4.69) is 15.6 Å². The van der Waals surface area contributed by atoms with Crippen LogP contribution in [-0.4, -0.2) is 23.4 Å². The van der Waals surface area contributed by atoms with Crippen LogP contribution in [0.5, 0.6) is 5.75 Å². The third-order valence-electron chi connectivity index (χ3n) is 4.34. The molecule has 150 valence electrons. The first-order valence-corrected chi connectivity index (χ1v) is 10.2. The van der Waals surface area contributed by atoms with Crippen molar-refractivity contribution in [3.63, 3.8) is 0 Å². The molecule has 0 atom stereocenters. The zero-order chi connectivity index (χ0) is 20.9. The van der Waals surface area contributed by atoms with E-state index in [1.807, 2.05) is 72.1 Å². The molecule has 4 aromatic rings. The number of fused-ring (bicyclic) bond motifs is 1. The number of hydrogen-bond acceptors (Lipinski definition) is 5. The molecule has 2 amide bonds. The summed E-state index contributed by atoms with van der Waals surface area (Å²) < 4.78 is 5.61. The molecule has 0 saturated carbocycles. The second-order valence-corrected chi connectivity index (χ2v) is 7.50. The van der Waals surface area contributed by atoms with Gasteiger partial charge in [0.15, 0.2) is 11.7 Å². The molecule has 0 radical (unpaired) electrons. The van der Waals surface area contributed by atoms with Gasteiger partial charge in [0, 0.05) is 23.6 Å². The summed E-state index contributed by atoms with van der Waals surface area (Å²) in [5, 5.41) is 10.0. The summed E-state index contributed by atoms with van der Waals surface area (Å²) in [5.41, 5.74) is 2.37. The lowest BCUT2D eigenvalue weighted by Crippen LogP contribution is -2.20. The number of rotatable bonds is 6. The summed E-state index contributed by atoms with van der Waals surface area (Å²) in [4.78, 5) is 27.8. The summed E-state index contributed by atoms with van der Waals surface area (Å²) in [6.07, 6.45) is 0. The van der Waals surface area contributed by atoms with Crippen molar-refractivity contribution >= 4 is 44.7 Å². The van der Waals surface area contributed by atoms with Crippen molar-refractivity contribution in [2.45, 2.75) is 6.92 Å². The molecule has 0 saturated heterocycles. The zero-order valence-electron chi connectivity index (χ0n) is 16.2. The standard InChI is InChI=1S/C23H19N3O3S/c1-15(27)24-19-9-6-17(7-10-19)21-14-30-23(25-21)26-22(28)13-29-20-11-8-16-4-2-3-5-18(16)12-20/h2-12,14H,13H2,1H3,(H,24,27)(H,25,26,28). The molecule has 0 aliphatic rings. The van der Waals surface area contributed by atoms with Crippen molar-refractivity contribution in [1.82, 2.24) is 4.98 Å². The number of anilines is 2. The normalized spacial score (nSPS) is 10.6. The average molecular weight is 417 g/mol. The van der Waals surface area contributed by atoms with E-state index in [0.717, 1.165) is 27.7 Å². The number of benzene rings is 3. The molecule has 6 nitrogen and oxygen atoms in total. The Labute approximate surface area is 177 Å². The molecule has 0 spiro atoms. The summed E-state index contributed by atoms with van der Waals surface area (Å²) in [6.45, 7) is 1.37. The van der Waals surface area contributed by atoms with Crippen LogP contribution in [0, 0.1) is 0 Å². The van der Waals surface area contributed by atoms with Gasteiger partial charge in [-0.3, -0.25) is 14.9 Å². The van der Waals surface area contributed by atoms with E-state index in [1.165, 1.54) is 18.3 Å². The van der Waals surface area contributed by atoms with Crippen molar-refractivity contribution in [2.24, 2.45) is 0 Å². The fourth-order valence-corrected chi connectivity index (χ4v) is 3.69. The predicted molar refractivity (Wildman–Crippen MR) is 120 cm³/mol. The number of carbonyl (C=O) groups excluding carboxylic acids is 2. The van der Waals surface area contributed by atoms with Gasteiger partial charge in [-0.1, -0.05) is 42.5 Å². The highest BCUT2D eigenvalue weighted by atomic mass is 32.1. The van der Waals surface area contributed by atoms with E-state index in [-0.39, 0.29) is 18.4 Å². The molecular weight excluding hydrogens is 398 g/mol. The molecule has 1 aromatic heterocycles. The highest BCUT2D eigenvalue weighted by Gasteiger charge is 2.09. The Morgan fingerprint density at radius 1 is 0.967 bits per heavy atom. The van der Waals surface area contributed by atoms with Crippen LogP contribution in [0.1, 0.15) is 6.92 Å². The maximum Gasteiger partial charge on any atom is 0.264 e. The first kappa shape index (κ1) is 19.6. The topological polar surface area (TPSA) is 80.3 Å². The molecule has 4 rings (SSSR count). The summed E-state index contributed by atoms with van der Waals surface area (Å²) in [6, 6.07) is 21.1. The molecular formula is C23H19N3O3S. The van der Waals surface area contributed by atoms with Crippen LogP contribution >= 0.6 is 11.3 Å². The average Bonchev–Trinajstić information content (AvgIpc) is 3.20. The first-order chi connectivity index (χ1) is 14.6. The molecule has 0 fully saturated rings. The lowest BCUT2D eigenvalue weighted by molar-refractivity contribution is -0.118. The largest absolute Gasteiger partial charge is 0.484 e. The monoisotopic (exact) mass is 417 g/mol. The van der Waals surface area contributed by atoms with E-state index in [9.17, 15) is 9.59 Å². The number of nitrogens with zero attached hydrogens (tertiary/aromatic N) is 1. The quantitative estimate of drug-likeness (QED) is 0.466. The number of amides is 2. The fraction of sp³-hybridized carbons (Fsp3) is 0.0870. The van der Waals surface area contributed by atoms with Crippen molar-refractivity contribution in [3.8, 4) is 17.0 Å². The zero-order valence-corrected chi connectivity index (χ0v) is 17.0. The Hall–Kier alpha value is -3.71. The Morgan fingerprint density at radius 2 is 1.73 bits per heavy atom. The van der Waals surface area contributed by atoms with E-state index in [4.69, 9.17) is 4.74 Å². The highest BCUT2D eigenvalue weighted by molar-refractivity contribution is 7.14. The molecule has 30 heavy (non-hydrogen) atoms. The second kappa shape index (κ2) is 8.75. The van der Waals surface area contributed by atoms with Crippen LogP contribution in [-0.2, 0) is 9.59 Å². The van der Waals surface area contributed by atoms with Gasteiger partial charge in [0.1, 0.15) is 5.75 Å². The number of thiazole rings is 1. The van der Waals surface area contributed by atoms with Gasteiger partial charge in [-0.2, -0.15) is 0 Å². The SMILES string of the molecule is CC(=O)Nc1ccc(-c2csc(NC(=O)COc3ccc4ccccc4c3)n2)cc1. The number of carbonyl (C=O) groups is 2. The molecule has 2 N–H and O–H groups in total. The minimum Gasteiger partial charge on any atom is -0.484 e. The van der Waals surface area contributed by atoms with Gasteiger partial charge in [0.25, 0.3) is 5.91 Å². The van der Waals surface area contributed by atoms with Gasteiger partial charge in [-0.05, 0) is 35.0 Å². The van der Waals surface area contributed by atoms with Crippen LogP contribution in [0.15, 0.2) is 72.1 Å². The van der Waals surface area contributed by atoms with Crippen LogP contribution in [0.3, 0.4) is 0 Å².